The monoisotopic (exact) mass is 270 g/mol. The van der Waals surface area contributed by atoms with Crippen LogP contribution in [0.5, 0.6) is 0 Å². The van der Waals surface area contributed by atoms with Crippen LogP contribution in [0.15, 0.2) is 0 Å². The maximum Gasteiger partial charge on any atom is 0.325 e. The van der Waals surface area contributed by atoms with Crippen LogP contribution in [0.3, 0.4) is 0 Å². The number of esters is 1. The quantitative estimate of drug-likeness (QED) is 0.603. The van der Waals surface area contributed by atoms with Gasteiger partial charge in [-0.25, -0.2) is 4.79 Å². The van der Waals surface area contributed by atoms with Gasteiger partial charge in [0.1, 0.15) is 5.54 Å². The molecule has 6 nitrogen and oxygen atoms in total. The number of imide groups is 1. The third-order valence-corrected chi connectivity index (χ3v) is 3.87. The zero-order valence-corrected chi connectivity index (χ0v) is 12.2. The first kappa shape index (κ1) is 15.5. The molecule has 1 saturated heterocycles. The normalized spacial score (nSPS) is 18.5. The summed E-state index contributed by atoms with van der Waals surface area (Å²) in [7, 11) is 1.31. The molecule has 1 heterocycles. The van der Waals surface area contributed by atoms with Crippen LogP contribution in [-0.4, -0.2) is 42.0 Å². The van der Waals surface area contributed by atoms with E-state index in [1.54, 1.807) is 13.8 Å². The van der Waals surface area contributed by atoms with Crippen molar-refractivity contribution in [2.24, 2.45) is 5.41 Å². The Balaban J connectivity index is 3.06. The molecule has 1 N–H and O–H groups in total. The number of carbonyl (C=O) groups is 3. The van der Waals surface area contributed by atoms with Crippen LogP contribution in [-0.2, 0) is 14.3 Å². The highest BCUT2D eigenvalue weighted by Gasteiger charge is 2.52. The van der Waals surface area contributed by atoms with Crippen molar-refractivity contribution in [1.82, 2.24) is 10.2 Å². The number of hydrogen-bond acceptors (Lipinski definition) is 4. The molecule has 1 rings (SSSR count). The van der Waals surface area contributed by atoms with E-state index in [4.69, 9.17) is 4.74 Å². The molecule has 6 heteroatoms. The molecule has 108 valence electrons. The van der Waals surface area contributed by atoms with Gasteiger partial charge in [0.2, 0.25) is 0 Å². The van der Waals surface area contributed by atoms with Crippen molar-refractivity contribution in [1.29, 1.82) is 0 Å². The highest BCUT2D eigenvalue weighted by molar-refractivity contribution is 6.07. The number of nitrogens with zero attached hydrogens (tertiary/aromatic N) is 1. The minimum absolute atomic E-state index is 0.152. The third kappa shape index (κ3) is 2.43. The minimum atomic E-state index is -0.859. The van der Waals surface area contributed by atoms with Gasteiger partial charge in [-0.3, -0.25) is 14.9 Å². The predicted molar refractivity (Wildman–Crippen MR) is 69.4 cm³/mol. The van der Waals surface area contributed by atoms with Crippen molar-refractivity contribution in [3.63, 3.8) is 0 Å². The summed E-state index contributed by atoms with van der Waals surface area (Å²) in [5.41, 5.74) is -1.71. The summed E-state index contributed by atoms with van der Waals surface area (Å²) in [5.74, 6) is -0.691. The van der Waals surface area contributed by atoms with E-state index in [1.165, 1.54) is 12.0 Å². The summed E-state index contributed by atoms with van der Waals surface area (Å²) >= 11 is 0. The smallest absolute Gasteiger partial charge is 0.325 e. The zero-order chi connectivity index (χ0) is 14.8. The van der Waals surface area contributed by atoms with Crippen molar-refractivity contribution in [3.05, 3.63) is 0 Å². The van der Waals surface area contributed by atoms with Crippen molar-refractivity contribution >= 4 is 17.9 Å². The van der Waals surface area contributed by atoms with Gasteiger partial charge >= 0.3 is 12.0 Å². The van der Waals surface area contributed by atoms with E-state index in [9.17, 15) is 14.4 Å². The van der Waals surface area contributed by atoms with E-state index in [0.717, 1.165) is 0 Å². The van der Waals surface area contributed by atoms with Gasteiger partial charge in [-0.1, -0.05) is 13.8 Å². The van der Waals surface area contributed by atoms with Crippen molar-refractivity contribution in [3.8, 4) is 0 Å². The molecule has 0 aliphatic carbocycles. The lowest BCUT2D eigenvalue weighted by Crippen LogP contribution is -2.53. The Morgan fingerprint density at radius 1 is 1.32 bits per heavy atom. The molecule has 1 aliphatic heterocycles. The Labute approximate surface area is 113 Å². The number of nitrogens with one attached hydrogen (secondary N) is 1. The molecule has 1 aliphatic rings. The Kier molecular flexibility index (Phi) is 4.22. The second kappa shape index (κ2) is 5.19. The number of methoxy groups -OCH3 is 1. The SMILES string of the molecule is CCC1(CC)C(=O)NC(=O)N1CC(C)(C)C(=O)OC. The van der Waals surface area contributed by atoms with Crippen molar-refractivity contribution < 1.29 is 19.1 Å². The molecule has 0 aromatic carbocycles. The second-order valence-electron chi connectivity index (χ2n) is 5.46. The number of urea groups is 1. The first-order valence-electron chi connectivity index (χ1n) is 6.46. The third-order valence-electron chi connectivity index (χ3n) is 3.87. The number of carbonyl (C=O) groups excluding carboxylic acids is 3. The fourth-order valence-electron chi connectivity index (χ4n) is 2.51. The molecule has 1 fully saturated rings. The molecule has 0 saturated carbocycles. The van der Waals surface area contributed by atoms with Gasteiger partial charge in [0, 0.05) is 6.54 Å². The van der Waals surface area contributed by atoms with E-state index in [1.807, 2.05) is 13.8 Å². The summed E-state index contributed by atoms with van der Waals surface area (Å²) < 4.78 is 4.74. The van der Waals surface area contributed by atoms with Gasteiger partial charge in [0.05, 0.1) is 12.5 Å². The van der Waals surface area contributed by atoms with Gasteiger partial charge in [-0.05, 0) is 26.7 Å². The average molecular weight is 270 g/mol. The van der Waals surface area contributed by atoms with Gasteiger partial charge in [0.25, 0.3) is 5.91 Å². The number of ether oxygens (including phenoxy) is 1. The maximum absolute atomic E-state index is 12.0. The summed E-state index contributed by atoms with van der Waals surface area (Å²) in [6.07, 6.45) is 1.02. The van der Waals surface area contributed by atoms with Gasteiger partial charge in [-0.2, -0.15) is 0 Å². The first-order chi connectivity index (χ1) is 8.75. The summed E-state index contributed by atoms with van der Waals surface area (Å²) in [6.45, 7) is 7.27. The average Bonchev–Trinajstić information content (AvgIpc) is 2.60. The Bertz CT molecular complexity index is 399. The molecule has 19 heavy (non-hydrogen) atoms. The van der Waals surface area contributed by atoms with E-state index in [2.05, 4.69) is 5.32 Å². The molecular weight excluding hydrogens is 248 g/mol. The van der Waals surface area contributed by atoms with Crippen LogP contribution in [0.1, 0.15) is 40.5 Å². The van der Waals surface area contributed by atoms with Crippen LogP contribution >= 0.6 is 0 Å². The van der Waals surface area contributed by atoms with E-state index in [0.29, 0.717) is 12.8 Å². The molecule has 0 radical (unpaired) electrons. The van der Waals surface area contributed by atoms with E-state index >= 15 is 0 Å². The van der Waals surface area contributed by atoms with Crippen LogP contribution in [0.4, 0.5) is 4.79 Å². The second-order valence-corrected chi connectivity index (χ2v) is 5.46. The van der Waals surface area contributed by atoms with Crippen LogP contribution in [0.2, 0.25) is 0 Å². The Hall–Kier alpha value is -1.59. The lowest BCUT2D eigenvalue weighted by molar-refractivity contribution is -0.152. The molecule has 0 atom stereocenters. The summed E-state index contributed by atoms with van der Waals surface area (Å²) in [6, 6.07) is -0.439. The number of hydrogen-bond donors (Lipinski definition) is 1. The van der Waals surface area contributed by atoms with Crippen molar-refractivity contribution in [2.45, 2.75) is 46.1 Å². The molecule has 0 spiro atoms. The highest BCUT2D eigenvalue weighted by atomic mass is 16.5. The predicted octanol–water partition coefficient (Wildman–Crippen LogP) is 1.30. The largest absolute Gasteiger partial charge is 0.469 e. The van der Waals surface area contributed by atoms with Gasteiger partial charge in [0.15, 0.2) is 0 Å². The lowest BCUT2D eigenvalue weighted by atomic mass is 9.86. The molecule has 0 unspecified atom stereocenters. The number of rotatable bonds is 5. The minimum Gasteiger partial charge on any atom is -0.469 e. The molecular formula is C13H22N2O4. The van der Waals surface area contributed by atoms with Crippen LogP contribution < -0.4 is 5.32 Å². The fraction of sp³-hybridized carbons (Fsp3) is 0.769. The Morgan fingerprint density at radius 3 is 2.26 bits per heavy atom. The highest BCUT2D eigenvalue weighted by Crippen LogP contribution is 2.32. The molecule has 0 aromatic heterocycles. The molecule has 0 bridgehead atoms. The lowest BCUT2D eigenvalue weighted by Gasteiger charge is -2.37. The molecule has 0 aromatic rings. The van der Waals surface area contributed by atoms with E-state index < -0.39 is 23.0 Å². The summed E-state index contributed by atoms with van der Waals surface area (Å²) in [4.78, 5) is 37.2. The topological polar surface area (TPSA) is 75.7 Å². The van der Waals surface area contributed by atoms with Crippen molar-refractivity contribution in [2.75, 3.05) is 13.7 Å². The maximum atomic E-state index is 12.0. The standard InChI is InChI=1S/C13H22N2O4/c1-6-13(7-2)9(16)14-11(18)15(13)8-12(3,4)10(17)19-5/h6-8H2,1-5H3,(H,14,16,18). The Morgan fingerprint density at radius 2 is 1.84 bits per heavy atom. The van der Waals surface area contributed by atoms with Crippen LogP contribution in [0, 0.1) is 5.41 Å². The summed E-state index contributed by atoms with van der Waals surface area (Å²) in [5, 5.41) is 2.34. The first-order valence-corrected chi connectivity index (χ1v) is 6.46. The number of amides is 3. The molecule has 3 amide bonds. The van der Waals surface area contributed by atoms with E-state index in [-0.39, 0.29) is 12.5 Å². The van der Waals surface area contributed by atoms with Gasteiger partial charge < -0.3 is 9.64 Å². The van der Waals surface area contributed by atoms with Gasteiger partial charge in [-0.15, -0.1) is 0 Å². The zero-order valence-electron chi connectivity index (χ0n) is 12.2. The fourth-order valence-corrected chi connectivity index (χ4v) is 2.51. The van der Waals surface area contributed by atoms with Crippen LogP contribution in [0.25, 0.3) is 0 Å².